The van der Waals surface area contributed by atoms with Crippen LogP contribution in [0.4, 0.5) is 5.69 Å². The summed E-state index contributed by atoms with van der Waals surface area (Å²) in [5, 5.41) is 23.6. The van der Waals surface area contributed by atoms with Crippen LogP contribution in [-0.2, 0) is 0 Å². The highest BCUT2D eigenvalue weighted by atomic mass is 35.5. The van der Waals surface area contributed by atoms with Crippen LogP contribution in [0.2, 0.25) is 10.0 Å². The molecule has 0 radical (unpaired) electrons. The molecule has 0 unspecified atom stereocenters. The summed E-state index contributed by atoms with van der Waals surface area (Å²) < 4.78 is 1.66. The van der Waals surface area contributed by atoms with Gasteiger partial charge in [-0.2, -0.15) is 9.78 Å². The Morgan fingerprint density at radius 2 is 1.77 bits per heavy atom. The maximum atomic E-state index is 9.75. The Morgan fingerprint density at radius 3 is 2.42 bits per heavy atom. The number of benzene rings is 2. The Hall–Kier alpha value is -2.35. The number of halogens is 2. The molecule has 0 bridgehead atoms. The van der Waals surface area contributed by atoms with Gasteiger partial charge in [-0.25, -0.2) is 4.99 Å². The molecule has 2 aromatic carbocycles. The number of nitrogens with zero attached hydrogens (tertiary/aromatic N) is 5. The topological polar surface area (TPSA) is 75.7 Å². The fourth-order valence-electron chi connectivity index (χ4n) is 2.52. The second-order valence-corrected chi connectivity index (χ2v) is 6.94. The van der Waals surface area contributed by atoms with Gasteiger partial charge in [-0.05, 0) is 18.4 Å². The summed E-state index contributed by atoms with van der Waals surface area (Å²) >= 11 is 13.5. The van der Waals surface area contributed by atoms with E-state index in [1.54, 1.807) is 4.68 Å². The molecule has 1 aliphatic rings. The Bertz CT molecular complexity index is 1040. The SMILES string of the molecule is CSc1nnc2n1N=C(c1ccccc1)C2=Nc1cc(Cl)c(O)c(Cl)c1. The molecule has 0 fully saturated rings. The van der Waals surface area contributed by atoms with Crippen molar-refractivity contribution in [1.29, 1.82) is 0 Å². The third-order valence-electron chi connectivity index (χ3n) is 3.72. The number of hydrogen-bond donors (Lipinski definition) is 1. The van der Waals surface area contributed by atoms with Crippen LogP contribution in [0.1, 0.15) is 11.4 Å². The zero-order chi connectivity index (χ0) is 18.3. The molecule has 3 aromatic rings. The minimum atomic E-state index is -0.173. The average Bonchev–Trinajstić information content (AvgIpc) is 3.20. The zero-order valence-corrected chi connectivity index (χ0v) is 15.7. The van der Waals surface area contributed by atoms with Crippen LogP contribution >= 0.6 is 35.0 Å². The minimum Gasteiger partial charge on any atom is -0.505 e. The first-order valence-corrected chi connectivity index (χ1v) is 9.48. The Balaban J connectivity index is 1.90. The third-order valence-corrected chi connectivity index (χ3v) is 4.92. The van der Waals surface area contributed by atoms with E-state index in [1.165, 1.54) is 23.9 Å². The van der Waals surface area contributed by atoms with Gasteiger partial charge in [0, 0.05) is 5.56 Å². The van der Waals surface area contributed by atoms with Gasteiger partial charge in [0.25, 0.3) is 0 Å². The van der Waals surface area contributed by atoms with Crippen LogP contribution in [0.5, 0.6) is 5.75 Å². The molecule has 4 rings (SSSR count). The van der Waals surface area contributed by atoms with E-state index in [1.807, 2.05) is 36.6 Å². The second kappa shape index (κ2) is 6.75. The van der Waals surface area contributed by atoms with E-state index in [-0.39, 0.29) is 15.8 Å². The van der Waals surface area contributed by atoms with Crippen molar-refractivity contribution in [3.63, 3.8) is 0 Å². The van der Waals surface area contributed by atoms with E-state index in [4.69, 9.17) is 23.2 Å². The quantitative estimate of drug-likeness (QED) is 0.657. The van der Waals surface area contributed by atoms with E-state index in [0.717, 1.165) is 5.56 Å². The van der Waals surface area contributed by atoms with Crippen LogP contribution < -0.4 is 0 Å². The number of aliphatic imine (C=N–C) groups is 1. The average molecular weight is 404 g/mol. The Morgan fingerprint density at radius 1 is 1.08 bits per heavy atom. The van der Waals surface area contributed by atoms with Crippen LogP contribution in [0.25, 0.3) is 0 Å². The highest BCUT2D eigenvalue weighted by Crippen LogP contribution is 2.36. The van der Waals surface area contributed by atoms with Crippen LogP contribution in [0.3, 0.4) is 0 Å². The number of phenols is 1. The Kier molecular flexibility index (Phi) is 4.44. The summed E-state index contributed by atoms with van der Waals surface area (Å²) in [4.78, 5) is 4.64. The molecule has 0 spiro atoms. The van der Waals surface area contributed by atoms with Gasteiger partial charge in [0.15, 0.2) is 5.75 Å². The zero-order valence-electron chi connectivity index (χ0n) is 13.4. The molecule has 0 saturated carbocycles. The van der Waals surface area contributed by atoms with Gasteiger partial charge in [0.1, 0.15) is 11.4 Å². The smallest absolute Gasteiger partial charge is 0.212 e. The van der Waals surface area contributed by atoms with Gasteiger partial charge in [0.05, 0.1) is 15.7 Å². The van der Waals surface area contributed by atoms with Crippen LogP contribution in [0.15, 0.2) is 57.7 Å². The van der Waals surface area contributed by atoms with Gasteiger partial charge in [-0.15, -0.1) is 10.2 Å². The first-order valence-electron chi connectivity index (χ1n) is 7.49. The lowest BCUT2D eigenvalue weighted by Gasteiger charge is -2.04. The number of aromatic nitrogens is 3. The number of aromatic hydroxyl groups is 1. The highest BCUT2D eigenvalue weighted by molar-refractivity contribution is 7.98. The summed E-state index contributed by atoms with van der Waals surface area (Å²) in [6.07, 6.45) is 1.91. The third kappa shape index (κ3) is 2.88. The number of rotatable bonds is 3. The number of fused-ring (bicyclic) bond motifs is 1. The van der Waals surface area contributed by atoms with Crippen molar-refractivity contribution in [1.82, 2.24) is 14.9 Å². The van der Waals surface area contributed by atoms with Gasteiger partial charge in [-0.3, -0.25) is 0 Å². The summed E-state index contributed by atoms with van der Waals surface area (Å²) in [6.45, 7) is 0. The molecule has 1 aromatic heterocycles. The van der Waals surface area contributed by atoms with E-state index >= 15 is 0 Å². The van der Waals surface area contributed by atoms with E-state index < -0.39 is 0 Å². The van der Waals surface area contributed by atoms with Crippen molar-refractivity contribution < 1.29 is 5.11 Å². The van der Waals surface area contributed by atoms with Crippen molar-refractivity contribution >= 4 is 52.1 Å². The first-order chi connectivity index (χ1) is 12.6. The van der Waals surface area contributed by atoms with Gasteiger partial charge < -0.3 is 5.11 Å². The maximum absolute atomic E-state index is 9.75. The van der Waals surface area contributed by atoms with E-state index in [2.05, 4.69) is 20.3 Å². The molecule has 2 heterocycles. The molecule has 9 heteroatoms. The van der Waals surface area contributed by atoms with Crippen molar-refractivity contribution in [3.05, 3.63) is 63.9 Å². The fourth-order valence-corrected chi connectivity index (χ4v) is 3.42. The predicted molar refractivity (Wildman–Crippen MR) is 105 cm³/mol. The molecule has 0 saturated heterocycles. The van der Waals surface area contributed by atoms with Gasteiger partial charge in [-0.1, -0.05) is 65.3 Å². The summed E-state index contributed by atoms with van der Waals surface area (Å²) in [6, 6.07) is 12.8. The van der Waals surface area contributed by atoms with Crippen LogP contribution in [0, 0.1) is 0 Å². The molecular formula is C17H11Cl2N5OS. The molecule has 1 aliphatic heterocycles. The maximum Gasteiger partial charge on any atom is 0.212 e. The standard InChI is InChI=1S/C17H11Cl2N5OS/c1-26-17-22-21-16-14(20-10-7-11(18)15(25)12(19)8-10)13(23-24(16)17)9-5-3-2-4-6-9/h2-8,25H,1H3. The summed E-state index contributed by atoms with van der Waals surface area (Å²) in [7, 11) is 0. The lowest BCUT2D eigenvalue weighted by atomic mass is 10.1. The normalized spacial score (nSPS) is 14.6. The summed E-state index contributed by atoms with van der Waals surface area (Å²) in [5.41, 5.74) is 2.62. The van der Waals surface area contributed by atoms with Crippen molar-refractivity contribution in [3.8, 4) is 5.75 Å². The van der Waals surface area contributed by atoms with Gasteiger partial charge >= 0.3 is 0 Å². The lowest BCUT2D eigenvalue weighted by molar-refractivity contribution is 0.476. The van der Waals surface area contributed by atoms with Crippen molar-refractivity contribution in [2.75, 3.05) is 6.26 Å². The van der Waals surface area contributed by atoms with Gasteiger partial charge in [0.2, 0.25) is 11.0 Å². The monoisotopic (exact) mass is 403 g/mol. The molecule has 130 valence electrons. The second-order valence-electron chi connectivity index (χ2n) is 5.36. The molecule has 0 amide bonds. The molecular weight excluding hydrogens is 393 g/mol. The van der Waals surface area contributed by atoms with Crippen molar-refractivity contribution in [2.45, 2.75) is 5.16 Å². The largest absolute Gasteiger partial charge is 0.505 e. The van der Waals surface area contributed by atoms with Crippen LogP contribution in [-0.4, -0.2) is 37.7 Å². The highest BCUT2D eigenvalue weighted by Gasteiger charge is 2.29. The van der Waals surface area contributed by atoms with E-state index in [9.17, 15) is 5.11 Å². The number of thioether (sulfide) groups is 1. The lowest BCUT2D eigenvalue weighted by Crippen LogP contribution is -2.13. The molecule has 6 nitrogen and oxygen atoms in total. The van der Waals surface area contributed by atoms with E-state index in [0.29, 0.717) is 28.1 Å². The summed E-state index contributed by atoms with van der Waals surface area (Å²) in [5.74, 6) is 0.363. The minimum absolute atomic E-state index is 0.124. The molecule has 26 heavy (non-hydrogen) atoms. The Labute approximate surface area is 163 Å². The number of hydrogen-bond acceptors (Lipinski definition) is 6. The number of phenolic OH excluding ortho intramolecular Hbond substituents is 1. The fraction of sp³-hybridized carbons (Fsp3) is 0.0588. The molecule has 0 aliphatic carbocycles. The molecule has 1 N–H and O–H groups in total. The molecule has 0 atom stereocenters. The predicted octanol–water partition coefficient (Wildman–Crippen LogP) is 4.40. The first kappa shape index (κ1) is 17.1. The van der Waals surface area contributed by atoms with Crippen molar-refractivity contribution in [2.24, 2.45) is 10.1 Å².